The minimum Gasteiger partial charge on any atom is -0.481 e. The fourth-order valence-corrected chi connectivity index (χ4v) is 2.46. The third-order valence-electron chi connectivity index (χ3n) is 3.40. The second kappa shape index (κ2) is 6.06. The topological polar surface area (TPSA) is 49.8 Å². The number of rotatable bonds is 5. The summed E-state index contributed by atoms with van der Waals surface area (Å²) in [6.45, 7) is 5.93. The number of para-hydroxylation sites is 1. The van der Waals surface area contributed by atoms with Crippen molar-refractivity contribution in [2.75, 3.05) is 24.6 Å². The monoisotopic (exact) mass is 263 g/mol. The zero-order chi connectivity index (χ0) is 13.8. The molecular formula is C15H21NO3. The van der Waals surface area contributed by atoms with E-state index >= 15 is 0 Å². The summed E-state index contributed by atoms with van der Waals surface area (Å²) in [6, 6.07) is 8.03. The molecule has 0 amide bonds. The predicted octanol–water partition coefficient (Wildman–Crippen LogP) is 2.17. The van der Waals surface area contributed by atoms with Crippen LogP contribution in [0.15, 0.2) is 24.3 Å². The highest BCUT2D eigenvalue weighted by Gasteiger charge is 2.28. The first kappa shape index (κ1) is 13.9. The van der Waals surface area contributed by atoms with Crippen LogP contribution < -0.4 is 4.90 Å². The number of carboxylic acids is 1. The van der Waals surface area contributed by atoms with Crippen molar-refractivity contribution in [2.45, 2.75) is 26.4 Å². The highest BCUT2D eigenvalue weighted by molar-refractivity contribution is 5.73. The van der Waals surface area contributed by atoms with E-state index in [1.54, 1.807) is 0 Å². The summed E-state index contributed by atoms with van der Waals surface area (Å²) in [7, 11) is 0. The van der Waals surface area contributed by atoms with Crippen molar-refractivity contribution in [3.63, 3.8) is 0 Å². The summed E-state index contributed by atoms with van der Waals surface area (Å²) in [4.78, 5) is 13.4. The van der Waals surface area contributed by atoms with Crippen molar-refractivity contribution in [1.29, 1.82) is 0 Å². The highest BCUT2D eigenvalue weighted by Crippen LogP contribution is 2.29. The molecule has 0 aliphatic carbocycles. The SMILES string of the molecule is CC(C)OCCN1CC(C(=O)O)Cc2ccccc21. The fraction of sp³-hybridized carbons (Fsp3) is 0.533. The van der Waals surface area contributed by atoms with Gasteiger partial charge >= 0.3 is 5.97 Å². The van der Waals surface area contributed by atoms with E-state index < -0.39 is 5.97 Å². The molecule has 0 saturated heterocycles. The Labute approximate surface area is 114 Å². The lowest BCUT2D eigenvalue weighted by molar-refractivity contribution is -0.141. The van der Waals surface area contributed by atoms with Crippen LogP contribution in [0.2, 0.25) is 0 Å². The molecule has 0 saturated carbocycles. The molecule has 0 spiro atoms. The smallest absolute Gasteiger partial charge is 0.308 e. The number of nitrogens with zero attached hydrogens (tertiary/aromatic N) is 1. The van der Waals surface area contributed by atoms with Crippen molar-refractivity contribution in [3.8, 4) is 0 Å². The van der Waals surface area contributed by atoms with Crippen LogP contribution in [0.25, 0.3) is 0 Å². The zero-order valence-electron chi connectivity index (χ0n) is 11.5. The van der Waals surface area contributed by atoms with Gasteiger partial charge in [-0.2, -0.15) is 0 Å². The van der Waals surface area contributed by atoms with Gasteiger partial charge in [0.05, 0.1) is 18.6 Å². The molecule has 1 aromatic rings. The van der Waals surface area contributed by atoms with Crippen LogP contribution in [0.1, 0.15) is 19.4 Å². The quantitative estimate of drug-likeness (QED) is 0.884. The first-order valence-corrected chi connectivity index (χ1v) is 6.75. The molecular weight excluding hydrogens is 242 g/mol. The molecule has 1 unspecified atom stereocenters. The van der Waals surface area contributed by atoms with Crippen LogP contribution >= 0.6 is 0 Å². The van der Waals surface area contributed by atoms with Crippen LogP contribution in [0.4, 0.5) is 5.69 Å². The van der Waals surface area contributed by atoms with Gasteiger partial charge < -0.3 is 14.7 Å². The molecule has 1 atom stereocenters. The second-order valence-corrected chi connectivity index (χ2v) is 5.23. The molecule has 0 radical (unpaired) electrons. The number of hydrogen-bond acceptors (Lipinski definition) is 3. The summed E-state index contributed by atoms with van der Waals surface area (Å²) in [5, 5.41) is 9.24. The molecule has 0 aromatic heterocycles. The second-order valence-electron chi connectivity index (χ2n) is 5.23. The van der Waals surface area contributed by atoms with Crippen molar-refractivity contribution >= 4 is 11.7 Å². The van der Waals surface area contributed by atoms with Gasteiger partial charge in [0, 0.05) is 18.8 Å². The molecule has 4 nitrogen and oxygen atoms in total. The Kier molecular flexibility index (Phi) is 4.43. The van der Waals surface area contributed by atoms with Gasteiger partial charge in [-0.3, -0.25) is 4.79 Å². The van der Waals surface area contributed by atoms with Crippen molar-refractivity contribution in [2.24, 2.45) is 5.92 Å². The Morgan fingerprint density at radius 2 is 2.21 bits per heavy atom. The summed E-state index contributed by atoms with van der Waals surface area (Å²) >= 11 is 0. The summed E-state index contributed by atoms with van der Waals surface area (Å²) in [6.07, 6.45) is 0.822. The molecule has 0 bridgehead atoms. The van der Waals surface area contributed by atoms with Gasteiger partial charge in [-0.25, -0.2) is 0 Å². The summed E-state index contributed by atoms with van der Waals surface area (Å²) < 4.78 is 5.57. The maximum absolute atomic E-state index is 11.2. The van der Waals surface area contributed by atoms with Gasteiger partial charge in [0.2, 0.25) is 0 Å². The maximum Gasteiger partial charge on any atom is 0.308 e. The Balaban J connectivity index is 2.10. The molecule has 1 N–H and O–H groups in total. The third-order valence-corrected chi connectivity index (χ3v) is 3.40. The molecule has 1 aliphatic heterocycles. The van der Waals surface area contributed by atoms with Gasteiger partial charge in [0.25, 0.3) is 0 Å². The number of fused-ring (bicyclic) bond motifs is 1. The largest absolute Gasteiger partial charge is 0.481 e. The molecule has 19 heavy (non-hydrogen) atoms. The fourth-order valence-electron chi connectivity index (χ4n) is 2.46. The van der Waals surface area contributed by atoms with Crippen LogP contribution in [0, 0.1) is 5.92 Å². The minimum absolute atomic E-state index is 0.204. The number of aliphatic carboxylic acids is 1. The zero-order valence-corrected chi connectivity index (χ0v) is 11.5. The van der Waals surface area contributed by atoms with Crippen LogP contribution in [0.5, 0.6) is 0 Å². The van der Waals surface area contributed by atoms with E-state index in [1.807, 2.05) is 32.0 Å². The predicted molar refractivity (Wildman–Crippen MR) is 74.6 cm³/mol. The van der Waals surface area contributed by atoms with E-state index in [0.717, 1.165) is 17.8 Å². The molecule has 104 valence electrons. The van der Waals surface area contributed by atoms with Crippen LogP contribution in [0.3, 0.4) is 0 Å². The number of anilines is 1. The van der Waals surface area contributed by atoms with E-state index in [9.17, 15) is 9.90 Å². The normalized spacial score (nSPS) is 18.5. The number of carboxylic acid groups (broad SMARTS) is 1. The van der Waals surface area contributed by atoms with Gasteiger partial charge in [0.1, 0.15) is 0 Å². The lowest BCUT2D eigenvalue weighted by atomic mass is 9.92. The molecule has 0 fully saturated rings. The highest BCUT2D eigenvalue weighted by atomic mass is 16.5. The standard InChI is InChI=1S/C15H21NO3/c1-11(2)19-8-7-16-10-13(15(17)18)9-12-5-3-4-6-14(12)16/h3-6,11,13H,7-10H2,1-2H3,(H,17,18). The Morgan fingerprint density at radius 3 is 2.89 bits per heavy atom. The first-order valence-electron chi connectivity index (χ1n) is 6.75. The minimum atomic E-state index is -0.718. The van der Waals surface area contributed by atoms with Crippen LogP contribution in [-0.2, 0) is 16.0 Å². The van der Waals surface area contributed by atoms with E-state index in [-0.39, 0.29) is 12.0 Å². The number of carbonyl (C=O) groups is 1. The lowest BCUT2D eigenvalue weighted by Gasteiger charge is -2.34. The number of ether oxygens (including phenoxy) is 1. The van der Waals surface area contributed by atoms with Crippen molar-refractivity contribution in [1.82, 2.24) is 0 Å². The Morgan fingerprint density at radius 1 is 1.47 bits per heavy atom. The van der Waals surface area contributed by atoms with Gasteiger partial charge in [-0.15, -0.1) is 0 Å². The Bertz CT molecular complexity index is 445. The van der Waals surface area contributed by atoms with Crippen LogP contribution in [-0.4, -0.2) is 36.9 Å². The summed E-state index contributed by atoms with van der Waals surface area (Å²) in [5.41, 5.74) is 2.26. The Hall–Kier alpha value is -1.55. The van der Waals surface area contributed by atoms with E-state index in [4.69, 9.17) is 4.74 Å². The molecule has 1 heterocycles. The van der Waals surface area contributed by atoms with Gasteiger partial charge in [-0.05, 0) is 31.9 Å². The van der Waals surface area contributed by atoms with E-state index in [1.165, 1.54) is 0 Å². The molecule has 1 aliphatic rings. The van der Waals surface area contributed by atoms with Crippen molar-refractivity contribution < 1.29 is 14.6 Å². The van der Waals surface area contributed by atoms with Gasteiger partial charge in [0.15, 0.2) is 0 Å². The average molecular weight is 263 g/mol. The summed E-state index contributed by atoms with van der Waals surface area (Å²) in [5.74, 6) is -1.04. The van der Waals surface area contributed by atoms with Crippen molar-refractivity contribution in [3.05, 3.63) is 29.8 Å². The lowest BCUT2D eigenvalue weighted by Crippen LogP contribution is -2.40. The molecule has 1 aromatic carbocycles. The van der Waals surface area contributed by atoms with E-state index in [2.05, 4.69) is 11.0 Å². The first-order chi connectivity index (χ1) is 9.08. The van der Waals surface area contributed by atoms with Gasteiger partial charge in [-0.1, -0.05) is 18.2 Å². The third kappa shape index (κ3) is 3.47. The molecule has 2 rings (SSSR count). The number of benzene rings is 1. The number of hydrogen-bond donors (Lipinski definition) is 1. The average Bonchev–Trinajstić information content (AvgIpc) is 2.38. The molecule has 4 heteroatoms. The maximum atomic E-state index is 11.2. The van der Waals surface area contributed by atoms with E-state index in [0.29, 0.717) is 19.6 Å².